The fraction of sp³-hybridized carbons (Fsp3) is 0.385. The van der Waals surface area contributed by atoms with Crippen LogP contribution in [-0.4, -0.2) is 77.6 Å². The van der Waals surface area contributed by atoms with E-state index in [1.165, 1.54) is 19.2 Å². The van der Waals surface area contributed by atoms with Gasteiger partial charge in [0, 0.05) is 23.4 Å². The minimum absolute atomic E-state index is 0.0287. The summed E-state index contributed by atoms with van der Waals surface area (Å²) in [6.07, 6.45) is -6.32. The molecule has 37 heavy (non-hydrogen) atoms. The first-order valence-corrected chi connectivity index (χ1v) is 11.5. The van der Waals surface area contributed by atoms with Crippen molar-refractivity contribution in [2.24, 2.45) is 0 Å². The standard InChI is InChI=1S/C26H28O11/c1-33-20-11-18(28)15(17(27)5-3-13-4-6-19-14(9-13)7-8-35-19)10-16(20)25-24(31)23(30)22(29)21(37-25)12-36-26(32)34-2/h4,6-11,21-25,28-31H,3,5,12H2,1-2H3/t21-,22-,23+,24-,25+/m1/s1. The first-order chi connectivity index (χ1) is 17.7. The molecule has 0 unspecified atom stereocenters. The number of carbonyl (C=O) groups is 2. The molecular weight excluding hydrogens is 488 g/mol. The van der Waals surface area contributed by atoms with Gasteiger partial charge in [0.2, 0.25) is 0 Å². The smallest absolute Gasteiger partial charge is 0.507 e. The zero-order chi connectivity index (χ0) is 26.7. The molecule has 2 heterocycles. The first kappa shape index (κ1) is 26.4. The molecule has 1 aliphatic heterocycles. The van der Waals surface area contributed by atoms with Crippen LogP contribution in [0.5, 0.6) is 11.5 Å². The van der Waals surface area contributed by atoms with Crippen LogP contribution >= 0.6 is 0 Å². The van der Waals surface area contributed by atoms with Gasteiger partial charge in [-0.15, -0.1) is 0 Å². The summed E-state index contributed by atoms with van der Waals surface area (Å²) in [5.41, 5.74) is 1.78. The van der Waals surface area contributed by atoms with Gasteiger partial charge in [0.15, 0.2) is 5.78 Å². The minimum atomic E-state index is -1.67. The van der Waals surface area contributed by atoms with E-state index >= 15 is 0 Å². The molecular formula is C26H28O11. The van der Waals surface area contributed by atoms with E-state index in [0.29, 0.717) is 6.42 Å². The predicted octanol–water partition coefficient (Wildman–Crippen LogP) is 2.27. The largest absolute Gasteiger partial charge is 0.508 e. The van der Waals surface area contributed by atoms with Crippen LogP contribution < -0.4 is 4.74 Å². The van der Waals surface area contributed by atoms with Crippen molar-refractivity contribution in [2.45, 2.75) is 43.4 Å². The summed E-state index contributed by atoms with van der Waals surface area (Å²) >= 11 is 0. The van der Waals surface area contributed by atoms with Gasteiger partial charge in [0.25, 0.3) is 0 Å². The number of aromatic hydroxyl groups is 1. The average Bonchev–Trinajstić information content (AvgIpc) is 3.37. The number of aliphatic hydroxyl groups is 3. The van der Waals surface area contributed by atoms with Crippen LogP contribution in [0.3, 0.4) is 0 Å². The van der Waals surface area contributed by atoms with Crippen molar-refractivity contribution in [3.8, 4) is 11.5 Å². The lowest BCUT2D eigenvalue weighted by molar-refractivity contribution is -0.232. The number of ether oxygens (including phenoxy) is 4. The Morgan fingerprint density at radius 1 is 1.00 bits per heavy atom. The number of phenolic OH excluding ortho intramolecular Hbond substituents is 1. The Morgan fingerprint density at radius 3 is 2.51 bits per heavy atom. The van der Waals surface area contributed by atoms with Crippen LogP contribution in [0, 0.1) is 0 Å². The molecule has 198 valence electrons. The summed E-state index contributed by atoms with van der Waals surface area (Å²) in [6.45, 7) is -0.471. The molecule has 1 saturated heterocycles. The van der Waals surface area contributed by atoms with Crippen LogP contribution in [-0.2, 0) is 20.6 Å². The molecule has 0 aliphatic carbocycles. The summed E-state index contributed by atoms with van der Waals surface area (Å²) in [6, 6.07) is 9.96. The van der Waals surface area contributed by atoms with Crippen LogP contribution in [0.1, 0.15) is 34.0 Å². The fourth-order valence-corrected chi connectivity index (χ4v) is 4.33. The molecule has 2 aromatic carbocycles. The zero-order valence-electron chi connectivity index (χ0n) is 20.2. The van der Waals surface area contributed by atoms with Gasteiger partial charge < -0.3 is 43.8 Å². The third kappa shape index (κ3) is 5.54. The monoisotopic (exact) mass is 516 g/mol. The number of fused-ring (bicyclic) bond motifs is 1. The molecule has 0 spiro atoms. The Kier molecular flexibility index (Phi) is 7.98. The molecule has 0 amide bonds. The maximum absolute atomic E-state index is 13.1. The Labute approximate surface area is 211 Å². The predicted molar refractivity (Wildman–Crippen MR) is 128 cm³/mol. The number of aryl methyl sites for hydroxylation is 1. The highest BCUT2D eigenvalue weighted by atomic mass is 16.7. The lowest BCUT2D eigenvalue weighted by atomic mass is 9.89. The van der Waals surface area contributed by atoms with Crippen molar-refractivity contribution in [3.63, 3.8) is 0 Å². The first-order valence-electron chi connectivity index (χ1n) is 11.5. The van der Waals surface area contributed by atoms with Crippen LogP contribution in [0.2, 0.25) is 0 Å². The molecule has 4 N–H and O–H groups in total. The number of furan rings is 1. The van der Waals surface area contributed by atoms with Crippen molar-refractivity contribution >= 4 is 22.9 Å². The molecule has 1 aromatic heterocycles. The average molecular weight is 516 g/mol. The highest BCUT2D eigenvalue weighted by Gasteiger charge is 2.46. The van der Waals surface area contributed by atoms with Crippen LogP contribution in [0.4, 0.5) is 4.79 Å². The van der Waals surface area contributed by atoms with Gasteiger partial charge >= 0.3 is 6.16 Å². The molecule has 4 rings (SSSR count). The highest BCUT2D eigenvalue weighted by molar-refractivity contribution is 5.99. The molecule has 11 heteroatoms. The molecule has 0 radical (unpaired) electrons. The van der Waals surface area contributed by atoms with E-state index in [1.54, 1.807) is 6.26 Å². The second-order valence-electron chi connectivity index (χ2n) is 8.66. The molecule has 1 aliphatic rings. The number of methoxy groups -OCH3 is 2. The number of rotatable bonds is 8. The summed E-state index contributed by atoms with van der Waals surface area (Å²) < 4.78 is 25.6. The summed E-state index contributed by atoms with van der Waals surface area (Å²) in [4.78, 5) is 24.4. The number of carbonyl (C=O) groups excluding carboxylic acids is 2. The summed E-state index contributed by atoms with van der Waals surface area (Å²) in [5, 5.41) is 42.8. The van der Waals surface area contributed by atoms with Crippen molar-refractivity contribution in [1.82, 2.24) is 0 Å². The van der Waals surface area contributed by atoms with Gasteiger partial charge in [-0.2, -0.15) is 0 Å². The zero-order valence-corrected chi connectivity index (χ0v) is 20.2. The van der Waals surface area contributed by atoms with E-state index in [4.69, 9.17) is 18.6 Å². The van der Waals surface area contributed by atoms with Crippen LogP contribution in [0.25, 0.3) is 11.0 Å². The molecule has 0 bridgehead atoms. The van der Waals surface area contributed by atoms with Crippen LogP contribution in [0.15, 0.2) is 47.1 Å². The number of hydrogen-bond donors (Lipinski definition) is 4. The maximum Gasteiger partial charge on any atom is 0.508 e. The van der Waals surface area contributed by atoms with E-state index in [-0.39, 0.29) is 34.8 Å². The molecule has 1 fully saturated rings. The van der Waals surface area contributed by atoms with Crippen molar-refractivity contribution in [1.29, 1.82) is 0 Å². The Balaban J connectivity index is 1.57. The Hall–Kier alpha value is -3.64. The molecule has 0 saturated carbocycles. The normalized spacial score (nSPS) is 23.5. The summed E-state index contributed by atoms with van der Waals surface area (Å²) in [5.74, 6) is -0.614. The topological polar surface area (TPSA) is 165 Å². The lowest BCUT2D eigenvalue weighted by Gasteiger charge is -2.40. The highest BCUT2D eigenvalue weighted by Crippen LogP contribution is 2.40. The van der Waals surface area contributed by atoms with Gasteiger partial charge in [0.1, 0.15) is 54.2 Å². The Bertz CT molecular complexity index is 1270. The second kappa shape index (κ2) is 11.2. The van der Waals surface area contributed by atoms with E-state index < -0.39 is 43.3 Å². The quantitative estimate of drug-likeness (QED) is 0.256. The van der Waals surface area contributed by atoms with Gasteiger partial charge in [-0.1, -0.05) is 6.07 Å². The second-order valence-corrected chi connectivity index (χ2v) is 8.66. The third-order valence-electron chi connectivity index (χ3n) is 6.36. The van der Waals surface area contributed by atoms with Gasteiger partial charge in [-0.3, -0.25) is 4.79 Å². The number of benzene rings is 2. The molecule has 5 atom stereocenters. The minimum Gasteiger partial charge on any atom is -0.507 e. The van der Waals surface area contributed by atoms with E-state index in [2.05, 4.69) is 4.74 Å². The fourth-order valence-electron chi connectivity index (χ4n) is 4.33. The number of hydrogen-bond acceptors (Lipinski definition) is 11. The van der Waals surface area contributed by atoms with Crippen molar-refractivity contribution in [2.75, 3.05) is 20.8 Å². The molecule has 11 nitrogen and oxygen atoms in total. The number of Topliss-reactive ketones (excluding diaryl/α,β-unsaturated/α-hetero) is 1. The third-order valence-corrected chi connectivity index (χ3v) is 6.36. The van der Waals surface area contributed by atoms with E-state index in [0.717, 1.165) is 23.6 Å². The van der Waals surface area contributed by atoms with Crippen molar-refractivity contribution < 1.29 is 53.4 Å². The number of aliphatic hydroxyl groups excluding tert-OH is 3. The molecule has 3 aromatic rings. The van der Waals surface area contributed by atoms with Crippen molar-refractivity contribution in [3.05, 3.63) is 59.4 Å². The maximum atomic E-state index is 13.1. The number of ketones is 1. The van der Waals surface area contributed by atoms with E-state index in [9.17, 15) is 30.0 Å². The van der Waals surface area contributed by atoms with Gasteiger partial charge in [-0.05, 0) is 36.2 Å². The lowest BCUT2D eigenvalue weighted by Crippen LogP contribution is -2.55. The summed E-state index contributed by atoms with van der Waals surface area (Å²) in [7, 11) is 2.43. The SMILES string of the molecule is COC(=O)OC[C@H]1O[C@@H](c2cc(C(=O)CCc3ccc4occc4c3)c(O)cc2OC)[C@H](O)[C@@H](O)[C@@H]1O. The van der Waals surface area contributed by atoms with Gasteiger partial charge in [0.05, 0.1) is 26.0 Å². The Morgan fingerprint density at radius 2 is 1.78 bits per heavy atom. The van der Waals surface area contributed by atoms with E-state index in [1.807, 2.05) is 24.3 Å². The van der Waals surface area contributed by atoms with Gasteiger partial charge in [-0.25, -0.2) is 4.79 Å². The number of phenols is 1.